The molecule has 0 bridgehead atoms. The predicted molar refractivity (Wildman–Crippen MR) is 139 cm³/mol. The fourth-order valence-electron chi connectivity index (χ4n) is 4.23. The summed E-state index contributed by atoms with van der Waals surface area (Å²) in [5.41, 5.74) is 3.86. The highest BCUT2D eigenvalue weighted by Gasteiger charge is 2.18. The third-order valence-electron chi connectivity index (χ3n) is 6.08. The molecule has 0 aliphatic rings. The number of fused-ring (bicyclic) bond motifs is 3. The van der Waals surface area contributed by atoms with Crippen LogP contribution in [0.2, 0.25) is 5.02 Å². The molecule has 0 N–H and O–H groups in total. The molecule has 0 amide bonds. The van der Waals surface area contributed by atoms with Crippen molar-refractivity contribution in [3.05, 3.63) is 88.7 Å². The second-order valence-corrected chi connectivity index (χ2v) is 8.81. The van der Waals surface area contributed by atoms with Gasteiger partial charge in [-0.1, -0.05) is 48.0 Å². The molecule has 2 heterocycles. The third kappa shape index (κ3) is 4.59. The number of halogens is 1. The number of methoxy groups -OCH3 is 2. The predicted octanol–water partition coefficient (Wildman–Crippen LogP) is 5.22. The highest BCUT2D eigenvalue weighted by Crippen LogP contribution is 2.29. The molecule has 5 rings (SSSR count). The fraction of sp³-hybridized carbons (Fsp3) is 0.222. The van der Waals surface area contributed by atoms with Gasteiger partial charge in [0.1, 0.15) is 5.82 Å². The minimum absolute atomic E-state index is 0.636. The highest BCUT2D eigenvalue weighted by atomic mass is 35.5. The van der Waals surface area contributed by atoms with Gasteiger partial charge in [0.2, 0.25) is 5.95 Å². The number of hydrogen-bond donors (Lipinski definition) is 0. The van der Waals surface area contributed by atoms with Gasteiger partial charge in [0.25, 0.3) is 0 Å². The third-order valence-corrected chi connectivity index (χ3v) is 6.32. The zero-order chi connectivity index (χ0) is 24.4. The molecule has 5 aromatic rings. The molecule has 0 aliphatic carbocycles. The zero-order valence-electron chi connectivity index (χ0n) is 19.9. The van der Waals surface area contributed by atoms with Crippen molar-refractivity contribution in [3.63, 3.8) is 0 Å². The average molecular weight is 488 g/mol. The summed E-state index contributed by atoms with van der Waals surface area (Å²) >= 11 is 6.29. The summed E-state index contributed by atoms with van der Waals surface area (Å²) in [6, 6.07) is 21.9. The Morgan fingerprint density at radius 2 is 1.69 bits per heavy atom. The largest absolute Gasteiger partial charge is 0.493 e. The van der Waals surface area contributed by atoms with Gasteiger partial charge >= 0.3 is 0 Å². The molecule has 0 radical (unpaired) electrons. The molecule has 8 heteroatoms. The average Bonchev–Trinajstić information content (AvgIpc) is 3.30. The standard InChI is InChI=1S/C27H26ClN5O2/c1-32(14-13-19-9-12-23(34-2)24(15-19)35-3)27-29-22-17-20(28)10-11-21(22)26-31-30-25(33(26)27)16-18-7-5-4-6-8-18/h4-12,15,17H,13-14,16H2,1-3H3. The van der Waals surface area contributed by atoms with Crippen LogP contribution in [0, 0.1) is 0 Å². The SMILES string of the molecule is COc1ccc(CCN(C)c2nc3cc(Cl)ccc3c3nnc(Cc4ccccc4)n23)cc1OC. The maximum atomic E-state index is 6.29. The van der Waals surface area contributed by atoms with Crippen molar-refractivity contribution in [3.8, 4) is 11.5 Å². The first-order chi connectivity index (χ1) is 17.1. The minimum atomic E-state index is 0.636. The second-order valence-electron chi connectivity index (χ2n) is 8.37. The van der Waals surface area contributed by atoms with Crippen LogP contribution in [0.4, 0.5) is 5.95 Å². The Bertz CT molecular complexity index is 1490. The Kier molecular flexibility index (Phi) is 6.42. The van der Waals surface area contributed by atoms with Crippen LogP contribution in [0.15, 0.2) is 66.7 Å². The van der Waals surface area contributed by atoms with Crippen molar-refractivity contribution in [1.29, 1.82) is 0 Å². The summed E-state index contributed by atoms with van der Waals surface area (Å²) in [5.74, 6) is 3.04. The fourth-order valence-corrected chi connectivity index (χ4v) is 4.39. The summed E-state index contributed by atoms with van der Waals surface area (Å²) in [5, 5.41) is 10.6. The van der Waals surface area contributed by atoms with Crippen LogP contribution < -0.4 is 14.4 Å². The summed E-state index contributed by atoms with van der Waals surface area (Å²) < 4.78 is 12.9. The van der Waals surface area contributed by atoms with E-state index in [1.54, 1.807) is 14.2 Å². The van der Waals surface area contributed by atoms with Crippen molar-refractivity contribution >= 4 is 34.1 Å². The van der Waals surface area contributed by atoms with Gasteiger partial charge in [0.15, 0.2) is 17.1 Å². The number of nitrogens with zero attached hydrogens (tertiary/aromatic N) is 5. The lowest BCUT2D eigenvalue weighted by atomic mass is 10.1. The van der Waals surface area contributed by atoms with E-state index in [9.17, 15) is 0 Å². The number of rotatable bonds is 8. The normalized spacial score (nSPS) is 11.2. The topological polar surface area (TPSA) is 64.8 Å². The molecule has 0 atom stereocenters. The molecule has 35 heavy (non-hydrogen) atoms. The van der Waals surface area contributed by atoms with Crippen LogP contribution in [0.1, 0.15) is 17.0 Å². The summed E-state index contributed by atoms with van der Waals surface area (Å²) in [4.78, 5) is 7.12. The monoisotopic (exact) mass is 487 g/mol. The van der Waals surface area contributed by atoms with Gasteiger partial charge in [-0.25, -0.2) is 9.38 Å². The number of likely N-dealkylation sites (N-methyl/N-ethyl adjacent to an activating group) is 1. The van der Waals surface area contributed by atoms with Crippen molar-refractivity contribution < 1.29 is 9.47 Å². The molecule has 3 aromatic carbocycles. The molecule has 0 spiro atoms. The lowest BCUT2D eigenvalue weighted by molar-refractivity contribution is 0.354. The van der Waals surface area contributed by atoms with E-state index in [-0.39, 0.29) is 0 Å². The highest BCUT2D eigenvalue weighted by molar-refractivity contribution is 6.31. The van der Waals surface area contributed by atoms with E-state index in [4.69, 9.17) is 26.1 Å². The Morgan fingerprint density at radius 1 is 0.886 bits per heavy atom. The van der Waals surface area contributed by atoms with Crippen LogP contribution in [-0.4, -0.2) is 47.4 Å². The first kappa shape index (κ1) is 22.9. The Balaban J connectivity index is 1.53. The van der Waals surface area contributed by atoms with E-state index in [0.717, 1.165) is 63.9 Å². The Labute approximate surface area is 208 Å². The lowest BCUT2D eigenvalue weighted by Gasteiger charge is -2.21. The Morgan fingerprint density at radius 3 is 2.46 bits per heavy atom. The van der Waals surface area contributed by atoms with Gasteiger partial charge in [-0.05, 0) is 47.9 Å². The van der Waals surface area contributed by atoms with E-state index in [0.29, 0.717) is 11.4 Å². The van der Waals surface area contributed by atoms with Gasteiger partial charge in [0, 0.05) is 30.4 Å². The van der Waals surface area contributed by atoms with Crippen LogP contribution in [0.25, 0.3) is 16.6 Å². The maximum Gasteiger partial charge on any atom is 0.213 e. The summed E-state index contributed by atoms with van der Waals surface area (Å²) in [7, 11) is 5.32. The first-order valence-electron chi connectivity index (χ1n) is 11.4. The number of aromatic nitrogens is 4. The van der Waals surface area contributed by atoms with Gasteiger partial charge in [0.05, 0.1) is 19.7 Å². The van der Waals surface area contributed by atoms with Crippen molar-refractivity contribution in [2.75, 3.05) is 32.7 Å². The molecular weight excluding hydrogens is 462 g/mol. The van der Waals surface area contributed by atoms with Crippen molar-refractivity contribution in [2.45, 2.75) is 12.8 Å². The molecule has 178 valence electrons. The van der Waals surface area contributed by atoms with Gasteiger partial charge in [-0.2, -0.15) is 0 Å². The van der Waals surface area contributed by atoms with Gasteiger partial charge in [-0.3, -0.25) is 0 Å². The smallest absolute Gasteiger partial charge is 0.213 e. The van der Waals surface area contributed by atoms with E-state index < -0.39 is 0 Å². The van der Waals surface area contributed by atoms with Crippen molar-refractivity contribution in [1.82, 2.24) is 19.6 Å². The van der Waals surface area contributed by atoms with Crippen LogP contribution in [0.5, 0.6) is 11.5 Å². The molecule has 0 saturated carbocycles. The summed E-state index contributed by atoms with van der Waals surface area (Å²) in [6.07, 6.45) is 1.45. The number of benzene rings is 3. The first-order valence-corrected chi connectivity index (χ1v) is 11.7. The molecule has 0 unspecified atom stereocenters. The molecule has 0 aliphatic heterocycles. The van der Waals surface area contributed by atoms with E-state index >= 15 is 0 Å². The lowest BCUT2D eigenvalue weighted by Crippen LogP contribution is -2.24. The number of anilines is 1. The van der Waals surface area contributed by atoms with E-state index in [1.807, 2.05) is 55.6 Å². The van der Waals surface area contributed by atoms with E-state index in [1.165, 1.54) is 0 Å². The zero-order valence-corrected chi connectivity index (χ0v) is 20.7. The quantitative estimate of drug-likeness (QED) is 0.299. The van der Waals surface area contributed by atoms with Gasteiger partial charge in [-0.15, -0.1) is 10.2 Å². The number of hydrogen-bond acceptors (Lipinski definition) is 6. The summed E-state index contributed by atoms with van der Waals surface area (Å²) in [6.45, 7) is 0.729. The van der Waals surface area contributed by atoms with Crippen LogP contribution >= 0.6 is 11.6 Å². The van der Waals surface area contributed by atoms with Crippen LogP contribution in [0.3, 0.4) is 0 Å². The number of ether oxygens (including phenoxy) is 2. The molecular formula is C27H26ClN5O2. The Hall–Kier alpha value is -3.84. The van der Waals surface area contributed by atoms with Crippen LogP contribution in [-0.2, 0) is 12.8 Å². The van der Waals surface area contributed by atoms with Gasteiger partial charge < -0.3 is 14.4 Å². The van der Waals surface area contributed by atoms with Crippen molar-refractivity contribution in [2.24, 2.45) is 0 Å². The van der Waals surface area contributed by atoms with E-state index in [2.05, 4.69) is 37.7 Å². The molecule has 0 fully saturated rings. The molecule has 2 aromatic heterocycles. The minimum Gasteiger partial charge on any atom is -0.493 e. The maximum absolute atomic E-state index is 6.29. The molecule has 7 nitrogen and oxygen atoms in total. The second kappa shape index (κ2) is 9.80. The molecule has 0 saturated heterocycles.